The summed E-state index contributed by atoms with van der Waals surface area (Å²) in [6, 6.07) is 2.01. The number of anilines is 1. The summed E-state index contributed by atoms with van der Waals surface area (Å²) in [5.41, 5.74) is 1.04. The zero-order chi connectivity index (χ0) is 12.7. The minimum atomic E-state index is 0.672. The number of aryl methyl sites for hydroxylation is 1. The molecule has 1 N–H and O–H groups in total. The van der Waals surface area contributed by atoms with Gasteiger partial charge in [-0.15, -0.1) is 0 Å². The van der Waals surface area contributed by atoms with E-state index in [9.17, 15) is 0 Å². The largest absolute Gasteiger partial charge is 0.370 e. The molecular weight excluding hydrogens is 230 g/mol. The van der Waals surface area contributed by atoms with E-state index in [2.05, 4.69) is 36.1 Å². The van der Waals surface area contributed by atoms with E-state index in [0.717, 1.165) is 36.1 Å². The molecule has 0 amide bonds. The Kier molecular flexibility index (Phi) is 6.34. The third-order valence-electron chi connectivity index (χ3n) is 2.53. The Hall–Kier alpha value is -0.770. The molecule has 0 aliphatic rings. The summed E-state index contributed by atoms with van der Waals surface area (Å²) >= 11 is 1.92. The number of nitrogens with zero attached hydrogens (tertiary/aromatic N) is 2. The minimum Gasteiger partial charge on any atom is -0.370 e. The maximum Gasteiger partial charge on any atom is 0.140 e. The van der Waals surface area contributed by atoms with E-state index in [1.54, 1.807) is 0 Å². The third-order valence-corrected chi connectivity index (χ3v) is 3.86. The molecule has 0 fully saturated rings. The summed E-state index contributed by atoms with van der Waals surface area (Å²) in [4.78, 5) is 9.01. The lowest BCUT2D eigenvalue weighted by atomic mass is 10.4. The Bertz CT molecular complexity index is 341. The van der Waals surface area contributed by atoms with Gasteiger partial charge in [0.25, 0.3) is 0 Å². The molecule has 0 spiro atoms. The highest BCUT2D eigenvalue weighted by Crippen LogP contribution is 2.18. The van der Waals surface area contributed by atoms with Crippen molar-refractivity contribution in [2.24, 2.45) is 0 Å². The standard InChI is InChI=1S/C13H23N3S/c1-5-7-14-12-8-10(3)15-13(16-12)9-17-11(4)6-2/h8,11H,5-7,9H2,1-4H3,(H,14,15,16). The number of aromatic nitrogens is 2. The van der Waals surface area contributed by atoms with E-state index in [1.165, 1.54) is 6.42 Å². The van der Waals surface area contributed by atoms with Crippen molar-refractivity contribution in [3.63, 3.8) is 0 Å². The lowest BCUT2D eigenvalue weighted by Gasteiger charge is -2.10. The van der Waals surface area contributed by atoms with Gasteiger partial charge in [-0.2, -0.15) is 11.8 Å². The summed E-state index contributed by atoms with van der Waals surface area (Å²) in [5, 5.41) is 3.99. The van der Waals surface area contributed by atoms with Crippen LogP contribution in [0.25, 0.3) is 0 Å². The van der Waals surface area contributed by atoms with Gasteiger partial charge < -0.3 is 5.32 Å². The Balaban J connectivity index is 2.61. The van der Waals surface area contributed by atoms with Gasteiger partial charge in [-0.3, -0.25) is 0 Å². The molecule has 1 aromatic rings. The normalized spacial score (nSPS) is 12.5. The fourth-order valence-corrected chi connectivity index (χ4v) is 2.17. The second-order valence-corrected chi connectivity index (χ2v) is 5.69. The molecule has 0 radical (unpaired) electrons. The van der Waals surface area contributed by atoms with Gasteiger partial charge in [-0.1, -0.05) is 20.8 Å². The molecule has 1 heterocycles. The van der Waals surface area contributed by atoms with Crippen molar-refractivity contribution < 1.29 is 0 Å². The molecule has 4 heteroatoms. The maximum atomic E-state index is 4.53. The molecule has 0 bridgehead atoms. The lowest BCUT2D eigenvalue weighted by Crippen LogP contribution is -2.06. The van der Waals surface area contributed by atoms with Gasteiger partial charge in [0, 0.05) is 23.6 Å². The molecule has 0 saturated heterocycles. The van der Waals surface area contributed by atoms with Crippen LogP contribution in [0.3, 0.4) is 0 Å². The first-order valence-corrected chi connectivity index (χ1v) is 7.40. The molecule has 1 unspecified atom stereocenters. The van der Waals surface area contributed by atoms with Crippen molar-refractivity contribution in [2.75, 3.05) is 11.9 Å². The predicted octanol–water partition coefficient (Wildman–Crippen LogP) is 3.64. The van der Waals surface area contributed by atoms with E-state index in [1.807, 2.05) is 24.8 Å². The van der Waals surface area contributed by atoms with Crippen LogP contribution in [0.1, 0.15) is 45.1 Å². The van der Waals surface area contributed by atoms with E-state index >= 15 is 0 Å². The molecule has 0 aliphatic carbocycles. The van der Waals surface area contributed by atoms with E-state index in [4.69, 9.17) is 0 Å². The van der Waals surface area contributed by atoms with Crippen molar-refractivity contribution in [1.82, 2.24) is 9.97 Å². The van der Waals surface area contributed by atoms with Crippen LogP contribution in [-0.4, -0.2) is 21.8 Å². The molecule has 0 saturated carbocycles. The van der Waals surface area contributed by atoms with Crippen molar-refractivity contribution in [3.05, 3.63) is 17.6 Å². The van der Waals surface area contributed by atoms with Crippen LogP contribution in [0.2, 0.25) is 0 Å². The summed E-state index contributed by atoms with van der Waals surface area (Å²) < 4.78 is 0. The van der Waals surface area contributed by atoms with Crippen molar-refractivity contribution >= 4 is 17.6 Å². The highest BCUT2D eigenvalue weighted by molar-refractivity contribution is 7.99. The summed E-state index contributed by atoms with van der Waals surface area (Å²) in [6.45, 7) is 9.60. The fourth-order valence-electron chi connectivity index (χ4n) is 1.37. The molecular formula is C13H23N3S. The second-order valence-electron chi connectivity index (χ2n) is 4.27. The topological polar surface area (TPSA) is 37.8 Å². The lowest BCUT2D eigenvalue weighted by molar-refractivity contribution is 0.898. The van der Waals surface area contributed by atoms with Crippen molar-refractivity contribution in [2.45, 2.75) is 51.5 Å². The summed E-state index contributed by atoms with van der Waals surface area (Å²) in [7, 11) is 0. The third kappa shape index (κ3) is 5.39. The first-order chi connectivity index (χ1) is 8.15. The molecule has 0 aliphatic heterocycles. The number of hydrogen-bond acceptors (Lipinski definition) is 4. The Labute approximate surface area is 109 Å². The molecule has 1 atom stereocenters. The van der Waals surface area contributed by atoms with Gasteiger partial charge in [0.15, 0.2) is 0 Å². The molecule has 1 aromatic heterocycles. The molecule has 3 nitrogen and oxygen atoms in total. The van der Waals surface area contributed by atoms with E-state index in [-0.39, 0.29) is 0 Å². The first-order valence-electron chi connectivity index (χ1n) is 6.35. The van der Waals surface area contributed by atoms with Crippen molar-refractivity contribution in [1.29, 1.82) is 0 Å². The average molecular weight is 253 g/mol. The Morgan fingerprint density at radius 1 is 1.35 bits per heavy atom. The summed E-state index contributed by atoms with van der Waals surface area (Å²) in [5.74, 6) is 2.80. The van der Waals surface area contributed by atoms with Gasteiger partial charge >= 0.3 is 0 Å². The average Bonchev–Trinajstić information content (AvgIpc) is 2.32. The molecule has 0 aromatic carbocycles. The van der Waals surface area contributed by atoms with E-state index in [0.29, 0.717) is 5.25 Å². The Morgan fingerprint density at radius 3 is 2.76 bits per heavy atom. The van der Waals surface area contributed by atoms with Crippen LogP contribution in [-0.2, 0) is 5.75 Å². The van der Waals surface area contributed by atoms with Gasteiger partial charge in [0.05, 0.1) is 5.75 Å². The fraction of sp³-hybridized carbons (Fsp3) is 0.692. The second kappa shape index (κ2) is 7.54. The van der Waals surface area contributed by atoms with Gasteiger partial charge in [-0.25, -0.2) is 9.97 Å². The van der Waals surface area contributed by atoms with Crippen LogP contribution >= 0.6 is 11.8 Å². The Morgan fingerprint density at radius 2 is 2.12 bits per heavy atom. The quantitative estimate of drug-likeness (QED) is 0.805. The predicted molar refractivity (Wildman–Crippen MR) is 76.6 cm³/mol. The summed E-state index contributed by atoms with van der Waals surface area (Å²) in [6.07, 6.45) is 2.30. The zero-order valence-corrected chi connectivity index (χ0v) is 12.1. The smallest absolute Gasteiger partial charge is 0.140 e. The highest BCUT2D eigenvalue weighted by Gasteiger charge is 2.05. The van der Waals surface area contributed by atoms with Crippen molar-refractivity contribution in [3.8, 4) is 0 Å². The SMILES string of the molecule is CCCNc1cc(C)nc(CSC(C)CC)n1. The highest BCUT2D eigenvalue weighted by atomic mass is 32.2. The van der Waals surface area contributed by atoms with Crippen LogP contribution in [0.4, 0.5) is 5.82 Å². The molecule has 17 heavy (non-hydrogen) atoms. The van der Waals surface area contributed by atoms with Gasteiger partial charge in [0.1, 0.15) is 11.6 Å². The number of rotatable bonds is 7. The van der Waals surface area contributed by atoms with Crippen LogP contribution in [0, 0.1) is 6.92 Å². The van der Waals surface area contributed by atoms with E-state index < -0.39 is 0 Å². The number of nitrogens with one attached hydrogen (secondary N) is 1. The minimum absolute atomic E-state index is 0.672. The van der Waals surface area contributed by atoms with Gasteiger partial charge in [0.2, 0.25) is 0 Å². The van der Waals surface area contributed by atoms with Gasteiger partial charge in [-0.05, 0) is 19.8 Å². The zero-order valence-electron chi connectivity index (χ0n) is 11.3. The number of hydrogen-bond donors (Lipinski definition) is 1. The maximum absolute atomic E-state index is 4.53. The van der Waals surface area contributed by atoms with Crippen LogP contribution in [0.5, 0.6) is 0 Å². The van der Waals surface area contributed by atoms with Crippen LogP contribution in [0.15, 0.2) is 6.07 Å². The monoisotopic (exact) mass is 253 g/mol. The number of thioether (sulfide) groups is 1. The van der Waals surface area contributed by atoms with Crippen LogP contribution < -0.4 is 5.32 Å². The molecule has 96 valence electrons. The first kappa shape index (κ1) is 14.3. The molecule has 1 rings (SSSR count).